The molecule has 0 saturated carbocycles. The molecular formula is C18H30ClN3O. The molecule has 2 rings (SSSR count). The number of nitrogens with zero attached hydrogens (tertiary/aromatic N) is 1. The third-order valence-electron chi connectivity index (χ3n) is 4.74. The number of carbonyl (C=O) groups is 1. The Morgan fingerprint density at radius 1 is 1.30 bits per heavy atom. The topological polar surface area (TPSA) is 44.4 Å². The molecule has 3 atom stereocenters. The molecule has 0 aliphatic carbocycles. The minimum absolute atomic E-state index is 0. The van der Waals surface area contributed by atoms with E-state index in [2.05, 4.69) is 34.6 Å². The highest BCUT2D eigenvalue weighted by Gasteiger charge is 2.26. The van der Waals surface area contributed by atoms with E-state index in [0.717, 1.165) is 19.5 Å². The molecule has 2 N–H and O–H groups in total. The van der Waals surface area contributed by atoms with Crippen LogP contribution in [-0.4, -0.2) is 49.6 Å². The Balaban J connectivity index is 0.00000264. The van der Waals surface area contributed by atoms with Gasteiger partial charge in [0.2, 0.25) is 5.91 Å². The van der Waals surface area contributed by atoms with Crippen molar-refractivity contribution in [3.05, 3.63) is 35.9 Å². The fourth-order valence-corrected chi connectivity index (χ4v) is 3.06. The lowest BCUT2D eigenvalue weighted by Gasteiger charge is -2.36. The molecule has 1 aromatic carbocycles. The van der Waals surface area contributed by atoms with Gasteiger partial charge in [-0.3, -0.25) is 9.69 Å². The van der Waals surface area contributed by atoms with Crippen molar-refractivity contribution in [2.75, 3.05) is 26.7 Å². The summed E-state index contributed by atoms with van der Waals surface area (Å²) in [5, 5.41) is 6.44. The first-order valence-corrected chi connectivity index (χ1v) is 8.35. The van der Waals surface area contributed by atoms with Crippen LogP contribution < -0.4 is 10.6 Å². The van der Waals surface area contributed by atoms with Gasteiger partial charge in [0, 0.05) is 19.1 Å². The summed E-state index contributed by atoms with van der Waals surface area (Å²) in [6.45, 7) is 6.83. The fraction of sp³-hybridized carbons (Fsp3) is 0.611. The highest BCUT2D eigenvalue weighted by Crippen LogP contribution is 2.15. The van der Waals surface area contributed by atoms with E-state index in [0.29, 0.717) is 18.5 Å². The third kappa shape index (κ3) is 5.79. The van der Waals surface area contributed by atoms with Crippen LogP contribution in [-0.2, 0) is 4.79 Å². The lowest BCUT2D eigenvalue weighted by atomic mass is 10.0. The Kier molecular flexibility index (Phi) is 8.59. The SMILES string of the molecule is CNC1CCCN(C(C)C(=O)NCC(C)c2ccccc2)C1.Cl. The van der Waals surface area contributed by atoms with E-state index in [-0.39, 0.29) is 24.4 Å². The Hall–Kier alpha value is -1.10. The van der Waals surface area contributed by atoms with Gasteiger partial charge in [-0.15, -0.1) is 12.4 Å². The van der Waals surface area contributed by atoms with Crippen molar-refractivity contribution in [1.82, 2.24) is 15.5 Å². The van der Waals surface area contributed by atoms with Gasteiger partial charge in [-0.2, -0.15) is 0 Å². The summed E-state index contributed by atoms with van der Waals surface area (Å²) in [6.07, 6.45) is 2.36. The first kappa shape index (κ1) is 19.9. The van der Waals surface area contributed by atoms with Gasteiger partial charge in [-0.1, -0.05) is 37.3 Å². The van der Waals surface area contributed by atoms with Gasteiger partial charge in [-0.05, 0) is 44.8 Å². The van der Waals surface area contributed by atoms with E-state index >= 15 is 0 Å². The second-order valence-corrected chi connectivity index (χ2v) is 6.36. The number of rotatable bonds is 6. The van der Waals surface area contributed by atoms with E-state index < -0.39 is 0 Å². The Labute approximate surface area is 146 Å². The summed E-state index contributed by atoms with van der Waals surface area (Å²) in [5.74, 6) is 0.475. The van der Waals surface area contributed by atoms with Crippen LogP contribution in [0.15, 0.2) is 30.3 Å². The van der Waals surface area contributed by atoms with Crippen molar-refractivity contribution in [3.8, 4) is 0 Å². The number of likely N-dealkylation sites (tertiary alicyclic amines) is 1. The number of likely N-dealkylation sites (N-methyl/N-ethyl adjacent to an activating group) is 1. The minimum Gasteiger partial charge on any atom is -0.354 e. The summed E-state index contributed by atoms with van der Waals surface area (Å²) in [7, 11) is 2.00. The van der Waals surface area contributed by atoms with Crippen LogP contribution in [0.3, 0.4) is 0 Å². The van der Waals surface area contributed by atoms with Crippen LogP contribution in [0.1, 0.15) is 38.2 Å². The second kappa shape index (κ2) is 9.91. The third-order valence-corrected chi connectivity index (χ3v) is 4.74. The highest BCUT2D eigenvalue weighted by molar-refractivity contribution is 5.85. The Morgan fingerprint density at radius 2 is 2.00 bits per heavy atom. The molecule has 0 spiro atoms. The standard InChI is InChI=1S/C18H29N3O.ClH/c1-14(16-8-5-4-6-9-16)12-20-18(22)15(2)21-11-7-10-17(13-21)19-3;/h4-6,8-9,14-15,17,19H,7,10-13H2,1-3H3,(H,20,22);1H. The van der Waals surface area contributed by atoms with E-state index in [1.165, 1.54) is 12.0 Å². The van der Waals surface area contributed by atoms with Gasteiger partial charge in [-0.25, -0.2) is 0 Å². The molecule has 130 valence electrons. The normalized spacial score (nSPS) is 21.1. The highest BCUT2D eigenvalue weighted by atomic mass is 35.5. The molecule has 0 radical (unpaired) electrons. The molecule has 1 heterocycles. The van der Waals surface area contributed by atoms with Crippen molar-refractivity contribution in [3.63, 3.8) is 0 Å². The summed E-state index contributed by atoms with van der Waals surface area (Å²) >= 11 is 0. The maximum absolute atomic E-state index is 12.4. The molecule has 1 aromatic rings. The van der Waals surface area contributed by atoms with E-state index in [4.69, 9.17) is 0 Å². The van der Waals surface area contributed by atoms with Gasteiger partial charge in [0.05, 0.1) is 6.04 Å². The average molecular weight is 340 g/mol. The first-order valence-electron chi connectivity index (χ1n) is 8.35. The van der Waals surface area contributed by atoms with Crippen molar-refractivity contribution in [2.45, 2.75) is 44.7 Å². The van der Waals surface area contributed by atoms with Gasteiger partial charge >= 0.3 is 0 Å². The molecule has 5 heteroatoms. The smallest absolute Gasteiger partial charge is 0.237 e. The van der Waals surface area contributed by atoms with Gasteiger partial charge in [0.1, 0.15) is 0 Å². The molecule has 0 aromatic heterocycles. The number of nitrogens with one attached hydrogen (secondary N) is 2. The zero-order valence-electron chi connectivity index (χ0n) is 14.4. The van der Waals surface area contributed by atoms with Crippen molar-refractivity contribution in [2.24, 2.45) is 0 Å². The first-order chi connectivity index (χ1) is 10.6. The number of benzene rings is 1. The maximum atomic E-state index is 12.4. The number of hydrogen-bond acceptors (Lipinski definition) is 3. The van der Waals surface area contributed by atoms with E-state index in [1.54, 1.807) is 0 Å². The molecule has 4 nitrogen and oxygen atoms in total. The number of hydrogen-bond donors (Lipinski definition) is 2. The molecule has 1 fully saturated rings. The van der Waals surface area contributed by atoms with Crippen LogP contribution in [0.5, 0.6) is 0 Å². The van der Waals surface area contributed by atoms with E-state index in [9.17, 15) is 4.79 Å². The molecule has 1 aliphatic rings. The van der Waals surface area contributed by atoms with E-state index in [1.807, 2.05) is 32.2 Å². The van der Waals surface area contributed by atoms with Crippen LogP contribution in [0, 0.1) is 0 Å². The molecule has 23 heavy (non-hydrogen) atoms. The summed E-state index contributed by atoms with van der Waals surface area (Å²) in [5.41, 5.74) is 1.27. The van der Waals surface area contributed by atoms with Gasteiger partial charge in [0.25, 0.3) is 0 Å². The monoisotopic (exact) mass is 339 g/mol. The number of carbonyl (C=O) groups excluding carboxylic acids is 1. The van der Waals surface area contributed by atoms with Crippen molar-refractivity contribution >= 4 is 18.3 Å². The average Bonchev–Trinajstić information content (AvgIpc) is 2.59. The number of halogens is 1. The zero-order valence-corrected chi connectivity index (χ0v) is 15.2. The molecule has 1 saturated heterocycles. The molecular weight excluding hydrogens is 310 g/mol. The zero-order chi connectivity index (χ0) is 15.9. The van der Waals surface area contributed by atoms with Crippen LogP contribution in [0.4, 0.5) is 0 Å². The predicted molar refractivity (Wildman–Crippen MR) is 98.2 cm³/mol. The number of piperidine rings is 1. The molecule has 3 unspecified atom stereocenters. The molecule has 0 bridgehead atoms. The van der Waals surface area contributed by atoms with Crippen molar-refractivity contribution < 1.29 is 4.79 Å². The van der Waals surface area contributed by atoms with Gasteiger partial charge in [0.15, 0.2) is 0 Å². The quantitative estimate of drug-likeness (QED) is 0.836. The summed E-state index contributed by atoms with van der Waals surface area (Å²) in [4.78, 5) is 14.7. The fourth-order valence-electron chi connectivity index (χ4n) is 3.06. The maximum Gasteiger partial charge on any atom is 0.237 e. The Morgan fingerprint density at radius 3 is 2.65 bits per heavy atom. The largest absolute Gasteiger partial charge is 0.354 e. The predicted octanol–water partition coefficient (Wildman–Crippen LogP) is 2.40. The summed E-state index contributed by atoms with van der Waals surface area (Å²) in [6, 6.07) is 10.8. The van der Waals surface area contributed by atoms with Gasteiger partial charge < -0.3 is 10.6 Å². The minimum atomic E-state index is -0.0564. The van der Waals surface area contributed by atoms with Crippen LogP contribution in [0.25, 0.3) is 0 Å². The lowest BCUT2D eigenvalue weighted by Crippen LogP contribution is -2.53. The molecule has 1 aliphatic heterocycles. The number of amides is 1. The van der Waals surface area contributed by atoms with Crippen LogP contribution >= 0.6 is 12.4 Å². The van der Waals surface area contributed by atoms with Crippen molar-refractivity contribution in [1.29, 1.82) is 0 Å². The van der Waals surface area contributed by atoms with Crippen LogP contribution in [0.2, 0.25) is 0 Å². The Bertz CT molecular complexity index is 469. The molecule has 1 amide bonds. The summed E-state index contributed by atoms with van der Waals surface area (Å²) < 4.78 is 0. The lowest BCUT2D eigenvalue weighted by molar-refractivity contribution is -0.126. The second-order valence-electron chi connectivity index (χ2n) is 6.36.